The second-order valence-corrected chi connectivity index (χ2v) is 10.9. The topological polar surface area (TPSA) is 63.8 Å². The van der Waals surface area contributed by atoms with E-state index in [0.717, 1.165) is 43.0 Å². The van der Waals surface area contributed by atoms with Crippen molar-refractivity contribution in [3.8, 4) is 0 Å². The van der Waals surface area contributed by atoms with Gasteiger partial charge in [0.1, 0.15) is 17.4 Å². The molecule has 208 valence electrons. The van der Waals surface area contributed by atoms with Crippen LogP contribution in [0.25, 0.3) is 21.5 Å². The number of anilines is 1. The molecule has 0 saturated heterocycles. The first-order chi connectivity index (χ1) is 20.6. The maximum atomic E-state index is 14.0. The zero-order valence-corrected chi connectivity index (χ0v) is 24.6. The summed E-state index contributed by atoms with van der Waals surface area (Å²) in [5.41, 5.74) is 2.98. The third kappa shape index (κ3) is 5.99. The van der Waals surface area contributed by atoms with Crippen molar-refractivity contribution < 1.29 is 13.9 Å². The molecule has 0 bridgehead atoms. The quantitative estimate of drug-likeness (QED) is 0.130. The van der Waals surface area contributed by atoms with Crippen molar-refractivity contribution in [2.45, 2.75) is 13.0 Å². The molecule has 0 amide bonds. The SMILES string of the molecule is CCOC(=O)C(C(=Nc1ccc2ccccc2c1)c1ccco1)C(Nc1ccc2ccccc2c1)c1ccc(Br)cc1. The van der Waals surface area contributed by atoms with Gasteiger partial charge in [-0.3, -0.25) is 4.79 Å². The van der Waals surface area contributed by atoms with Crippen LogP contribution in [0.1, 0.15) is 24.3 Å². The largest absolute Gasteiger partial charge is 0.465 e. The fourth-order valence-corrected chi connectivity index (χ4v) is 5.48. The first-order valence-electron chi connectivity index (χ1n) is 13.9. The molecule has 0 radical (unpaired) electrons. The molecule has 0 aliphatic carbocycles. The average Bonchev–Trinajstić information content (AvgIpc) is 3.56. The Hall–Kier alpha value is -4.68. The lowest BCUT2D eigenvalue weighted by Crippen LogP contribution is -2.36. The van der Waals surface area contributed by atoms with Gasteiger partial charge in [-0.25, -0.2) is 4.99 Å². The molecular formula is C36H29BrN2O3. The summed E-state index contributed by atoms with van der Waals surface area (Å²) in [5, 5.41) is 8.08. The van der Waals surface area contributed by atoms with Gasteiger partial charge in [-0.1, -0.05) is 88.7 Å². The van der Waals surface area contributed by atoms with Crippen LogP contribution in [0, 0.1) is 5.92 Å². The predicted molar refractivity (Wildman–Crippen MR) is 173 cm³/mol. The summed E-state index contributed by atoms with van der Waals surface area (Å²) >= 11 is 3.55. The molecule has 0 spiro atoms. The highest BCUT2D eigenvalue weighted by atomic mass is 79.9. The van der Waals surface area contributed by atoms with Crippen molar-refractivity contribution >= 4 is 60.5 Å². The summed E-state index contributed by atoms with van der Waals surface area (Å²) in [6, 6.07) is 39.6. The molecule has 0 aliphatic rings. The van der Waals surface area contributed by atoms with Crippen molar-refractivity contribution in [1.29, 1.82) is 0 Å². The van der Waals surface area contributed by atoms with E-state index in [-0.39, 0.29) is 6.61 Å². The summed E-state index contributed by atoms with van der Waals surface area (Å²) in [4.78, 5) is 19.1. The Morgan fingerprint density at radius 3 is 2.14 bits per heavy atom. The molecular weight excluding hydrogens is 588 g/mol. The minimum atomic E-state index is -0.838. The van der Waals surface area contributed by atoms with Gasteiger partial charge in [-0.05, 0) is 82.6 Å². The zero-order chi connectivity index (χ0) is 28.9. The van der Waals surface area contributed by atoms with Crippen LogP contribution in [0.2, 0.25) is 0 Å². The Balaban J connectivity index is 1.52. The Bertz CT molecular complexity index is 1860. The van der Waals surface area contributed by atoms with E-state index in [4.69, 9.17) is 14.1 Å². The predicted octanol–water partition coefficient (Wildman–Crippen LogP) is 9.50. The molecule has 2 atom stereocenters. The third-order valence-corrected chi connectivity index (χ3v) is 7.75. The van der Waals surface area contributed by atoms with Gasteiger partial charge in [0.2, 0.25) is 0 Å². The number of aliphatic imine (C=N–C) groups is 1. The normalized spacial score (nSPS) is 13.1. The maximum Gasteiger partial charge on any atom is 0.317 e. The molecule has 2 unspecified atom stereocenters. The molecule has 6 heteroatoms. The van der Waals surface area contributed by atoms with E-state index in [0.29, 0.717) is 11.5 Å². The van der Waals surface area contributed by atoms with E-state index in [9.17, 15) is 4.79 Å². The van der Waals surface area contributed by atoms with E-state index in [2.05, 4.69) is 57.6 Å². The van der Waals surface area contributed by atoms with Crippen LogP contribution in [0.4, 0.5) is 11.4 Å². The third-order valence-electron chi connectivity index (χ3n) is 7.23. The number of esters is 1. The number of rotatable bonds is 9. The highest BCUT2D eigenvalue weighted by Crippen LogP contribution is 2.35. The first-order valence-corrected chi connectivity index (χ1v) is 14.7. The monoisotopic (exact) mass is 616 g/mol. The molecule has 0 aliphatic heterocycles. The van der Waals surface area contributed by atoms with E-state index in [1.807, 2.05) is 85.8 Å². The van der Waals surface area contributed by atoms with Gasteiger partial charge >= 0.3 is 5.97 Å². The van der Waals surface area contributed by atoms with E-state index >= 15 is 0 Å². The van der Waals surface area contributed by atoms with E-state index < -0.39 is 17.9 Å². The Morgan fingerprint density at radius 1 is 0.810 bits per heavy atom. The van der Waals surface area contributed by atoms with Crippen LogP contribution in [-0.4, -0.2) is 18.3 Å². The van der Waals surface area contributed by atoms with Crippen LogP contribution in [0.3, 0.4) is 0 Å². The Labute approximate surface area is 253 Å². The number of carbonyl (C=O) groups excluding carboxylic acids is 1. The van der Waals surface area contributed by atoms with Gasteiger partial charge in [0.15, 0.2) is 0 Å². The number of hydrogen-bond donors (Lipinski definition) is 1. The molecule has 1 aromatic heterocycles. The van der Waals surface area contributed by atoms with E-state index in [1.165, 1.54) is 0 Å². The standard InChI is InChI=1S/C36H29BrN2O3/c1-2-41-36(40)33(35(32-12-7-21-42-32)39-31-20-16-25-9-4-6-11-28(25)23-31)34(26-13-17-29(37)18-14-26)38-30-19-15-24-8-3-5-10-27(24)22-30/h3-23,33-34,38H,2H2,1H3. The summed E-state index contributed by atoms with van der Waals surface area (Å²) < 4.78 is 12.6. The van der Waals surface area contributed by atoms with Crippen LogP contribution < -0.4 is 5.32 Å². The van der Waals surface area contributed by atoms with Gasteiger partial charge < -0.3 is 14.5 Å². The van der Waals surface area contributed by atoms with Crippen LogP contribution >= 0.6 is 15.9 Å². The van der Waals surface area contributed by atoms with Gasteiger partial charge in [0.05, 0.1) is 24.6 Å². The van der Waals surface area contributed by atoms with Crippen molar-refractivity contribution in [3.63, 3.8) is 0 Å². The van der Waals surface area contributed by atoms with Gasteiger partial charge in [-0.2, -0.15) is 0 Å². The highest BCUT2D eigenvalue weighted by molar-refractivity contribution is 9.10. The summed E-state index contributed by atoms with van der Waals surface area (Å²) in [7, 11) is 0. The summed E-state index contributed by atoms with van der Waals surface area (Å²) in [6.07, 6.45) is 1.60. The number of furan rings is 1. The molecule has 1 heterocycles. The minimum absolute atomic E-state index is 0.236. The molecule has 0 fully saturated rings. The molecule has 0 saturated carbocycles. The van der Waals surface area contributed by atoms with Crippen molar-refractivity contribution in [3.05, 3.63) is 143 Å². The molecule has 6 aromatic rings. The zero-order valence-electron chi connectivity index (χ0n) is 23.0. The fraction of sp³-hybridized carbons (Fsp3) is 0.111. The molecule has 5 aromatic carbocycles. The number of nitrogens with one attached hydrogen (secondary N) is 1. The molecule has 42 heavy (non-hydrogen) atoms. The van der Waals surface area contributed by atoms with Gasteiger partial charge in [0.25, 0.3) is 0 Å². The number of benzene rings is 5. The van der Waals surface area contributed by atoms with Crippen molar-refractivity contribution in [1.82, 2.24) is 0 Å². The Morgan fingerprint density at radius 2 is 1.48 bits per heavy atom. The number of fused-ring (bicyclic) bond motifs is 2. The van der Waals surface area contributed by atoms with Crippen LogP contribution in [0.15, 0.2) is 141 Å². The number of ether oxygens (including phenoxy) is 1. The number of carbonyl (C=O) groups is 1. The second kappa shape index (κ2) is 12.5. The van der Waals surface area contributed by atoms with E-state index in [1.54, 1.807) is 12.3 Å². The lowest BCUT2D eigenvalue weighted by Gasteiger charge is -2.29. The lowest BCUT2D eigenvalue weighted by atomic mass is 9.87. The van der Waals surface area contributed by atoms with Crippen LogP contribution in [0.5, 0.6) is 0 Å². The molecule has 1 N–H and O–H groups in total. The van der Waals surface area contributed by atoms with Crippen molar-refractivity contribution in [2.75, 3.05) is 11.9 Å². The smallest absolute Gasteiger partial charge is 0.317 e. The number of halogens is 1. The first kappa shape index (κ1) is 27.5. The number of hydrogen-bond acceptors (Lipinski definition) is 5. The minimum Gasteiger partial charge on any atom is -0.465 e. The van der Waals surface area contributed by atoms with Crippen LogP contribution in [-0.2, 0) is 9.53 Å². The molecule has 5 nitrogen and oxygen atoms in total. The maximum absolute atomic E-state index is 14.0. The lowest BCUT2D eigenvalue weighted by molar-refractivity contribution is -0.146. The number of nitrogens with zero attached hydrogens (tertiary/aromatic N) is 1. The second-order valence-electron chi connectivity index (χ2n) is 9.97. The average molecular weight is 618 g/mol. The highest BCUT2D eigenvalue weighted by Gasteiger charge is 2.37. The Kier molecular flexibility index (Phi) is 8.15. The van der Waals surface area contributed by atoms with Gasteiger partial charge in [0, 0.05) is 10.2 Å². The molecule has 6 rings (SSSR count). The fourth-order valence-electron chi connectivity index (χ4n) is 5.21. The van der Waals surface area contributed by atoms with Gasteiger partial charge in [-0.15, -0.1) is 0 Å². The summed E-state index contributed by atoms with van der Waals surface area (Å²) in [5.74, 6) is -0.728. The summed E-state index contributed by atoms with van der Waals surface area (Å²) in [6.45, 7) is 2.05. The van der Waals surface area contributed by atoms with Crippen molar-refractivity contribution in [2.24, 2.45) is 10.9 Å².